The molecule has 1 atom stereocenters. The minimum atomic E-state index is -0.365. The molecule has 7 heteroatoms. The van der Waals surface area contributed by atoms with E-state index in [0.29, 0.717) is 42.4 Å². The summed E-state index contributed by atoms with van der Waals surface area (Å²) in [4.78, 5) is 30.3. The number of benzene rings is 1. The lowest BCUT2D eigenvalue weighted by Gasteiger charge is -2.17. The van der Waals surface area contributed by atoms with Gasteiger partial charge in [-0.05, 0) is 18.6 Å². The maximum absolute atomic E-state index is 12.9. The van der Waals surface area contributed by atoms with E-state index < -0.39 is 0 Å². The quantitative estimate of drug-likeness (QED) is 0.919. The van der Waals surface area contributed by atoms with E-state index in [1.807, 2.05) is 26.8 Å². The smallest absolute Gasteiger partial charge is 0.258 e. The predicted octanol–water partition coefficient (Wildman–Crippen LogP) is 1.98. The van der Waals surface area contributed by atoms with Crippen molar-refractivity contribution in [3.8, 4) is 11.5 Å². The SMILES string of the molecule is CC(C)(C)c1noc(-c2ccccc2C(=O)N2CCC(C(N)=O)C2)n1. The van der Waals surface area contributed by atoms with Gasteiger partial charge >= 0.3 is 0 Å². The monoisotopic (exact) mass is 342 g/mol. The van der Waals surface area contributed by atoms with Gasteiger partial charge in [0, 0.05) is 18.5 Å². The van der Waals surface area contributed by atoms with Crippen LogP contribution in [0.5, 0.6) is 0 Å². The maximum Gasteiger partial charge on any atom is 0.258 e. The van der Waals surface area contributed by atoms with Gasteiger partial charge in [-0.1, -0.05) is 38.1 Å². The number of primary amides is 1. The number of carbonyl (C=O) groups is 2. The fraction of sp³-hybridized carbons (Fsp3) is 0.444. The molecule has 1 aliphatic heterocycles. The first-order chi connectivity index (χ1) is 11.8. The molecule has 0 radical (unpaired) electrons. The molecule has 0 bridgehead atoms. The molecule has 0 saturated carbocycles. The normalized spacial score (nSPS) is 17.7. The second kappa shape index (κ2) is 6.31. The van der Waals surface area contributed by atoms with Crippen molar-refractivity contribution >= 4 is 11.8 Å². The third-order valence-electron chi connectivity index (χ3n) is 4.36. The first-order valence-electron chi connectivity index (χ1n) is 8.29. The lowest BCUT2D eigenvalue weighted by molar-refractivity contribution is -0.121. The van der Waals surface area contributed by atoms with Crippen LogP contribution < -0.4 is 5.73 Å². The molecular formula is C18H22N4O3. The van der Waals surface area contributed by atoms with Gasteiger partial charge in [0.25, 0.3) is 11.8 Å². The molecule has 1 fully saturated rings. The van der Waals surface area contributed by atoms with Gasteiger partial charge in [-0.3, -0.25) is 9.59 Å². The van der Waals surface area contributed by atoms with Crippen LogP contribution in [0.3, 0.4) is 0 Å². The van der Waals surface area contributed by atoms with Crippen molar-refractivity contribution in [3.05, 3.63) is 35.7 Å². The van der Waals surface area contributed by atoms with Gasteiger partial charge in [0.2, 0.25) is 5.91 Å². The number of rotatable bonds is 3. The molecular weight excluding hydrogens is 320 g/mol. The Hall–Kier alpha value is -2.70. The number of nitrogens with two attached hydrogens (primary N) is 1. The number of amides is 2. The highest BCUT2D eigenvalue weighted by atomic mass is 16.5. The predicted molar refractivity (Wildman–Crippen MR) is 91.6 cm³/mol. The van der Waals surface area contributed by atoms with E-state index in [4.69, 9.17) is 10.3 Å². The summed E-state index contributed by atoms with van der Waals surface area (Å²) in [5.74, 6) is 0.0939. The topological polar surface area (TPSA) is 102 Å². The fourth-order valence-corrected chi connectivity index (χ4v) is 2.84. The van der Waals surface area contributed by atoms with Crippen LogP contribution in [0.25, 0.3) is 11.5 Å². The van der Waals surface area contributed by atoms with E-state index >= 15 is 0 Å². The second-order valence-corrected chi connectivity index (χ2v) is 7.36. The molecule has 7 nitrogen and oxygen atoms in total. The van der Waals surface area contributed by atoms with Crippen LogP contribution in [0.15, 0.2) is 28.8 Å². The van der Waals surface area contributed by atoms with Gasteiger partial charge in [-0.2, -0.15) is 4.98 Å². The van der Waals surface area contributed by atoms with E-state index in [1.165, 1.54) is 0 Å². The van der Waals surface area contributed by atoms with Gasteiger partial charge in [-0.25, -0.2) is 0 Å². The Morgan fingerprint density at radius 1 is 1.28 bits per heavy atom. The van der Waals surface area contributed by atoms with Crippen molar-refractivity contribution < 1.29 is 14.1 Å². The molecule has 1 saturated heterocycles. The Kier molecular flexibility index (Phi) is 4.32. The highest BCUT2D eigenvalue weighted by Gasteiger charge is 2.32. The molecule has 25 heavy (non-hydrogen) atoms. The number of hydrogen-bond donors (Lipinski definition) is 1. The van der Waals surface area contributed by atoms with Gasteiger partial charge in [0.15, 0.2) is 5.82 Å². The largest absolute Gasteiger partial charge is 0.369 e. The summed E-state index contributed by atoms with van der Waals surface area (Å²) in [6, 6.07) is 7.13. The zero-order chi connectivity index (χ0) is 18.2. The summed E-state index contributed by atoms with van der Waals surface area (Å²) in [7, 11) is 0. The number of aromatic nitrogens is 2. The number of carbonyl (C=O) groups excluding carboxylic acids is 2. The fourth-order valence-electron chi connectivity index (χ4n) is 2.84. The zero-order valence-corrected chi connectivity index (χ0v) is 14.7. The van der Waals surface area contributed by atoms with Crippen LogP contribution in [0, 0.1) is 5.92 Å². The average Bonchev–Trinajstić information content (AvgIpc) is 3.23. The summed E-state index contributed by atoms with van der Waals surface area (Å²) >= 11 is 0. The molecule has 2 aromatic rings. The van der Waals surface area contributed by atoms with E-state index in [-0.39, 0.29) is 23.1 Å². The Labute approximate surface area is 146 Å². The number of nitrogens with zero attached hydrogens (tertiary/aromatic N) is 3. The molecule has 0 spiro atoms. The highest BCUT2D eigenvalue weighted by molar-refractivity contribution is 6.00. The minimum absolute atomic E-state index is 0.158. The zero-order valence-electron chi connectivity index (χ0n) is 14.7. The Balaban J connectivity index is 1.90. The summed E-state index contributed by atoms with van der Waals surface area (Å²) in [5, 5.41) is 4.02. The number of hydrogen-bond acceptors (Lipinski definition) is 5. The first kappa shape index (κ1) is 17.1. The number of likely N-dealkylation sites (tertiary alicyclic amines) is 1. The maximum atomic E-state index is 12.9. The van der Waals surface area contributed by atoms with Crippen LogP contribution in [0.2, 0.25) is 0 Å². The van der Waals surface area contributed by atoms with Gasteiger partial charge < -0.3 is 15.2 Å². The van der Waals surface area contributed by atoms with Gasteiger partial charge in [0.05, 0.1) is 17.0 Å². The summed E-state index contributed by atoms with van der Waals surface area (Å²) in [6.45, 7) is 6.84. The summed E-state index contributed by atoms with van der Waals surface area (Å²) in [6.07, 6.45) is 0.595. The lowest BCUT2D eigenvalue weighted by Crippen LogP contribution is -2.32. The summed E-state index contributed by atoms with van der Waals surface area (Å²) in [5.41, 5.74) is 6.19. The van der Waals surface area contributed by atoms with Crippen molar-refractivity contribution in [2.24, 2.45) is 11.7 Å². The van der Waals surface area contributed by atoms with Crippen LogP contribution in [0.1, 0.15) is 43.4 Å². The van der Waals surface area contributed by atoms with E-state index in [2.05, 4.69) is 10.1 Å². The van der Waals surface area contributed by atoms with E-state index in [1.54, 1.807) is 23.1 Å². The van der Waals surface area contributed by atoms with Crippen molar-refractivity contribution in [2.45, 2.75) is 32.6 Å². The molecule has 0 aliphatic carbocycles. The first-order valence-corrected chi connectivity index (χ1v) is 8.29. The average molecular weight is 342 g/mol. The molecule has 2 N–H and O–H groups in total. The third-order valence-corrected chi connectivity index (χ3v) is 4.36. The minimum Gasteiger partial charge on any atom is -0.369 e. The van der Waals surface area contributed by atoms with Crippen molar-refractivity contribution in [1.29, 1.82) is 0 Å². The van der Waals surface area contributed by atoms with Crippen molar-refractivity contribution in [2.75, 3.05) is 13.1 Å². The van der Waals surface area contributed by atoms with Crippen molar-refractivity contribution in [3.63, 3.8) is 0 Å². The van der Waals surface area contributed by atoms with Gasteiger partial charge in [0.1, 0.15) is 0 Å². The van der Waals surface area contributed by atoms with Crippen LogP contribution in [0.4, 0.5) is 0 Å². The molecule has 1 unspecified atom stereocenters. The van der Waals surface area contributed by atoms with Crippen LogP contribution in [-0.4, -0.2) is 39.9 Å². The lowest BCUT2D eigenvalue weighted by atomic mass is 9.96. The Bertz CT molecular complexity index is 807. The standard InChI is InChI=1S/C18H22N4O3/c1-18(2,3)17-20-15(25-21-17)12-6-4-5-7-13(12)16(24)22-9-8-11(10-22)14(19)23/h4-7,11H,8-10H2,1-3H3,(H2,19,23). The third kappa shape index (κ3) is 3.40. The molecule has 132 valence electrons. The van der Waals surface area contributed by atoms with E-state index in [9.17, 15) is 9.59 Å². The Morgan fingerprint density at radius 3 is 2.60 bits per heavy atom. The summed E-state index contributed by atoms with van der Waals surface area (Å²) < 4.78 is 5.38. The highest BCUT2D eigenvalue weighted by Crippen LogP contribution is 2.28. The molecule has 2 amide bonds. The van der Waals surface area contributed by atoms with Crippen molar-refractivity contribution in [1.82, 2.24) is 15.0 Å². The molecule has 2 heterocycles. The van der Waals surface area contributed by atoms with Gasteiger partial charge in [-0.15, -0.1) is 0 Å². The molecule has 3 rings (SSSR count). The molecule has 1 aromatic carbocycles. The second-order valence-electron chi connectivity index (χ2n) is 7.36. The Morgan fingerprint density at radius 2 is 2.00 bits per heavy atom. The van der Waals surface area contributed by atoms with Crippen LogP contribution in [-0.2, 0) is 10.2 Å². The molecule has 1 aliphatic rings. The van der Waals surface area contributed by atoms with Crippen LogP contribution >= 0.6 is 0 Å². The van der Waals surface area contributed by atoms with E-state index in [0.717, 1.165) is 0 Å². The molecule has 1 aromatic heterocycles.